The second kappa shape index (κ2) is 7.00. The summed E-state index contributed by atoms with van der Waals surface area (Å²) in [4.78, 5) is 20.7. The SMILES string of the molecule is CN(C)c1ccc(C2SCC(=O)N2Cc2ccncc2)c2ccccc12. The van der Waals surface area contributed by atoms with Gasteiger partial charge in [-0.3, -0.25) is 9.78 Å². The molecule has 1 atom stereocenters. The Labute approximate surface area is 157 Å². The molecule has 1 amide bonds. The van der Waals surface area contributed by atoms with E-state index in [-0.39, 0.29) is 11.3 Å². The topological polar surface area (TPSA) is 36.4 Å². The van der Waals surface area contributed by atoms with Crippen LogP contribution >= 0.6 is 11.8 Å². The number of fused-ring (bicyclic) bond motifs is 1. The van der Waals surface area contributed by atoms with Gasteiger partial charge >= 0.3 is 0 Å². The van der Waals surface area contributed by atoms with Gasteiger partial charge in [0.1, 0.15) is 5.37 Å². The zero-order valence-electron chi connectivity index (χ0n) is 14.9. The van der Waals surface area contributed by atoms with Crippen molar-refractivity contribution in [2.45, 2.75) is 11.9 Å². The highest BCUT2D eigenvalue weighted by Crippen LogP contribution is 2.43. The van der Waals surface area contributed by atoms with E-state index in [0.717, 1.165) is 5.56 Å². The number of thioether (sulfide) groups is 1. The van der Waals surface area contributed by atoms with Gasteiger partial charge in [0.25, 0.3) is 0 Å². The van der Waals surface area contributed by atoms with Crippen molar-refractivity contribution in [1.82, 2.24) is 9.88 Å². The van der Waals surface area contributed by atoms with E-state index in [1.165, 1.54) is 22.0 Å². The van der Waals surface area contributed by atoms with Crippen molar-refractivity contribution in [3.05, 3.63) is 72.1 Å². The number of carbonyl (C=O) groups is 1. The molecule has 5 heteroatoms. The number of nitrogens with zero attached hydrogens (tertiary/aromatic N) is 3. The van der Waals surface area contributed by atoms with E-state index in [1.807, 2.05) is 17.0 Å². The molecule has 2 heterocycles. The predicted molar refractivity (Wildman–Crippen MR) is 108 cm³/mol. The lowest BCUT2D eigenvalue weighted by atomic mass is 10.0. The minimum atomic E-state index is 0.0387. The van der Waals surface area contributed by atoms with E-state index in [2.05, 4.69) is 60.4 Å². The highest BCUT2D eigenvalue weighted by molar-refractivity contribution is 8.00. The van der Waals surface area contributed by atoms with Crippen LogP contribution in [0.1, 0.15) is 16.5 Å². The first-order valence-corrected chi connectivity index (χ1v) is 9.69. The summed E-state index contributed by atoms with van der Waals surface area (Å²) in [6, 6.07) is 16.7. The molecule has 1 aliphatic heterocycles. The molecule has 1 unspecified atom stereocenters. The Balaban J connectivity index is 1.76. The number of aromatic nitrogens is 1. The van der Waals surface area contributed by atoms with Crippen LogP contribution in [0.4, 0.5) is 5.69 Å². The first-order chi connectivity index (χ1) is 12.6. The van der Waals surface area contributed by atoms with Crippen molar-refractivity contribution in [2.75, 3.05) is 24.7 Å². The second-order valence-corrected chi connectivity index (χ2v) is 7.72. The van der Waals surface area contributed by atoms with Gasteiger partial charge in [0.2, 0.25) is 5.91 Å². The van der Waals surface area contributed by atoms with Crippen LogP contribution in [0.5, 0.6) is 0 Å². The van der Waals surface area contributed by atoms with E-state index in [1.54, 1.807) is 24.2 Å². The predicted octanol–water partition coefficient (Wildman–Crippen LogP) is 4.08. The van der Waals surface area contributed by atoms with Gasteiger partial charge in [-0.2, -0.15) is 0 Å². The monoisotopic (exact) mass is 363 g/mol. The normalized spacial score (nSPS) is 17.1. The first kappa shape index (κ1) is 16.9. The molecule has 4 rings (SSSR count). The van der Waals surface area contributed by atoms with Gasteiger partial charge in [-0.15, -0.1) is 11.8 Å². The molecule has 0 saturated carbocycles. The van der Waals surface area contributed by atoms with E-state index in [4.69, 9.17) is 0 Å². The van der Waals surface area contributed by atoms with Crippen molar-refractivity contribution < 1.29 is 4.79 Å². The molecule has 1 saturated heterocycles. The Hall–Kier alpha value is -2.53. The summed E-state index contributed by atoms with van der Waals surface area (Å²) in [7, 11) is 4.12. The average Bonchev–Trinajstić information content (AvgIpc) is 3.02. The van der Waals surface area contributed by atoms with Crippen LogP contribution in [-0.2, 0) is 11.3 Å². The lowest BCUT2D eigenvalue weighted by Gasteiger charge is -2.26. The van der Waals surface area contributed by atoms with Crippen molar-refractivity contribution in [3.8, 4) is 0 Å². The van der Waals surface area contributed by atoms with E-state index < -0.39 is 0 Å². The number of carbonyl (C=O) groups excluding carboxylic acids is 1. The van der Waals surface area contributed by atoms with Gasteiger partial charge in [-0.1, -0.05) is 30.3 Å². The Morgan fingerprint density at radius 3 is 2.54 bits per heavy atom. The molecule has 1 aromatic heterocycles. The number of anilines is 1. The summed E-state index contributed by atoms with van der Waals surface area (Å²) in [5, 5.41) is 2.47. The highest BCUT2D eigenvalue weighted by atomic mass is 32.2. The number of hydrogen-bond donors (Lipinski definition) is 0. The minimum absolute atomic E-state index is 0.0387. The van der Waals surface area contributed by atoms with E-state index >= 15 is 0 Å². The van der Waals surface area contributed by atoms with Crippen molar-refractivity contribution in [1.29, 1.82) is 0 Å². The third kappa shape index (κ3) is 3.03. The molecule has 2 aromatic carbocycles. The zero-order valence-corrected chi connectivity index (χ0v) is 15.7. The molecular weight excluding hydrogens is 342 g/mol. The molecule has 1 fully saturated rings. The third-order valence-electron chi connectivity index (χ3n) is 4.75. The Bertz CT molecular complexity index is 942. The summed E-state index contributed by atoms with van der Waals surface area (Å²) in [6.07, 6.45) is 3.55. The van der Waals surface area contributed by atoms with Crippen molar-refractivity contribution in [2.24, 2.45) is 0 Å². The number of rotatable bonds is 4. The summed E-state index contributed by atoms with van der Waals surface area (Å²) in [5.41, 5.74) is 3.51. The van der Waals surface area contributed by atoms with Crippen LogP contribution in [0.2, 0.25) is 0 Å². The quantitative estimate of drug-likeness (QED) is 0.700. The second-order valence-electron chi connectivity index (χ2n) is 6.65. The van der Waals surface area contributed by atoms with Crippen LogP contribution < -0.4 is 4.90 Å². The number of amides is 1. The third-order valence-corrected chi connectivity index (χ3v) is 5.99. The smallest absolute Gasteiger partial charge is 0.234 e. The standard InChI is InChI=1S/C21H21N3OS/c1-23(2)19-8-7-18(16-5-3-4-6-17(16)19)21-24(20(25)14-26-21)13-15-9-11-22-12-10-15/h3-12,21H,13-14H2,1-2H3. The number of pyridine rings is 1. The first-order valence-electron chi connectivity index (χ1n) is 8.64. The van der Waals surface area contributed by atoms with Crippen LogP contribution in [0.3, 0.4) is 0 Å². The molecule has 3 aromatic rings. The van der Waals surface area contributed by atoms with E-state index in [9.17, 15) is 4.79 Å². The minimum Gasteiger partial charge on any atom is -0.377 e. The zero-order chi connectivity index (χ0) is 18.1. The van der Waals surface area contributed by atoms with Crippen LogP contribution in [0, 0.1) is 0 Å². The maximum absolute atomic E-state index is 12.6. The molecule has 0 aliphatic carbocycles. The fraction of sp³-hybridized carbons (Fsp3) is 0.238. The lowest BCUT2D eigenvalue weighted by molar-refractivity contribution is -0.128. The van der Waals surface area contributed by atoms with Crippen LogP contribution in [0.15, 0.2) is 60.9 Å². The summed E-state index contributed by atoms with van der Waals surface area (Å²) < 4.78 is 0. The maximum Gasteiger partial charge on any atom is 0.234 e. The largest absolute Gasteiger partial charge is 0.377 e. The number of hydrogen-bond acceptors (Lipinski definition) is 4. The van der Waals surface area contributed by atoms with Gasteiger partial charge in [-0.05, 0) is 34.7 Å². The molecule has 0 bridgehead atoms. The van der Waals surface area contributed by atoms with Gasteiger partial charge in [0, 0.05) is 44.1 Å². The van der Waals surface area contributed by atoms with Crippen LogP contribution in [0.25, 0.3) is 10.8 Å². The van der Waals surface area contributed by atoms with Crippen LogP contribution in [-0.4, -0.2) is 35.6 Å². The Morgan fingerprint density at radius 2 is 1.81 bits per heavy atom. The fourth-order valence-corrected chi connectivity index (χ4v) is 4.70. The number of benzene rings is 2. The Kier molecular flexibility index (Phi) is 4.55. The molecule has 0 N–H and O–H groups in total. The van der Waals surface area contributed by atoms with Crippen molar-refractivity contribution in [3.63, 3.8) is 0 Å². The summed E-state index contributed by atoms with van der Waals surface area (Å²) >= 11 is 1.71. The highest BCUT2D eigenvalue weighted by Gasteiger charge is 2.33. The van der Waals surface area contributed by atoms with Gasteiger partial charge < -0.3 is 9.80 Å². The molecule has 26 heavy (non-hydrogen) atoms. The molecule has 132 valence electrons. The van der Waals surface area contributed by atoms with Gasteiger partial charge in [-0.25, -0.2) is 0 Å². The molecule has 0 spiro atoms. The van der Waals surface area contributed by atoms with Gasteiger partial charge in [0.05, 0.1) is 5.75 Å². The maximum atomic E-state index is 12.6. The fourth-order valence-electron chi connectivity index (χ4n) is 3.48. The lowest BCUT2D eigenvalue weighted by Crippen LogP contribution is -2.27. The summed E-state index contributed by atoms with van der Waals surface area (Å²) in [6.45, 7) is 0.614. The molecule has 1 aliphatic rings. The Morgan fingerprint density at radius 1 is 1.08 bits per heavy atom. The molecule has 0 radical (unpaired) electrons. The molecular formula is C21H21N3OS. The van der Waals surface area contributed by atoms with Crippen molar-refractivity contribution >= 4 is 34.1 Å². The van der Waals surface area contributed by atoms with E-state index in [0.29, 0.717) is 12.3 Å². The van der Waals surface area contributed by atoms with Gasteiger partial charge in [0.15, 0.2) is 0 Å². The molecule has 4 nitrogen and oxygen atoms in total. The average molecular weight is 363 g/mol. The summed E-state index contributed by atoms with van der Waals surface area (Å²) in [5.74, 6) is 0.719.